The lowest BCUT2D eigenvalue weighted by molar-refractivity contribution is -0.115. The number of imide groups is 1. The monoisotopic (exact) mass is 507 g/mol. The van der Waals surface area contributed by atoms with Gasteiger partial charge in [-0.2, -0.15) is 4.98 Å². The summed E-state index contributed by atoms with van der Waals surface area (Å²) in [5.74, 6) is 0.936. The summed E-state index contributed by atoms with van der Waals surface area (Å²) in [6.07, 6.45) is 1.63. The number of nitrogens with zero attached hydrogens (tertiary/aromatic N) is 5. The molecular formula is C24H25N7O4S. The molecule has 11 nitrogen and oxygen atoms in total. The summed E-state index contributed by atoms with van der Waals surface area (Å²) in [5, 5.41) is 4.83. The van der Waals surface area contributed by atoms with Crippen molar-refractivity contribution < 1.29 is 19.1 Å². The minimum absolute atomic E-state index is 0.0403. The van der Waals surface area contributed by atoms with Crippen molar-refractivity contribution in [1.82, 2.24) is 20.2 Å². The van der Waals surface area contributed by atoms with Crippen molar-refractivity contribution in [3.05, 3.63) is 47.0 Å². The number of aromatic nitrogens is 2. The minimum atomic E-state index is -0.413. The molecule has 4 amide bonds. The van der Waals surface area contributed by atoms with Gasteiger partial charge in [-0.25, -0.2) is 9.78 Å². The number of benzene rings is 1. The van der Waals surface area contributed by atoms with E-state index in [1.807, 2.05) is 41.3 Å². The van der Waals surface area contributed by atoms with E-state index in [0.29, 0.717) is 42.9 Å². The molecule has 0 saturated carbocycles. The van der Waals surface area contributed by atoms with Crippen LogP contribution in [0, 0.1) is 5.41 Å². The van der Waals surface area contributed by atoms with Gasteiger partial charge in [0, 0.05) is 56.4 Å². The first kappa shape index (κ1) is 22.8. The number of morpholine rings is 1. The Balaban J connectivity index is 1.15. The van der Waals surface area contributed by atoms with Crippen molar-refractivity contribution in [2.24, 2.45) is 5.41 Å². The number of nitrogens with one attached hydrogen (secondary N) is 2. The zero-order chi connectivity index (χ0) is 24.7. The molecule has 5 heterocycles. The summed E-state index contributed by atoms with van der Waals surface area (Å²) in [4.78, 5) is 52.1. The van der Waals surface area contributed by atoms with Crippen LogP contribution in [-0.2, 0) is 9.53 Å². The molecule has 1 aromatic heterocycles. The van der Waals surface area contributed by atoms with Crippen LogP contribution in [-0.4, -0.2) is 84.5 Å². The number of anilines is 3. The molecule has 12 heteroatoms. The van der Waals surface area contributed by atoms with E-state index in [2.05, 4.69) is 20.4 Å². The molecule has 6 rings (SSSR count). The van der Waals surface area contributed by atoms with Crippen LogP contribution in [0.5, 0.6) is 0 Å². The molecule has 1 aromatic carbocycles. The summed E-state index contributed by atoms with van der Waals surface area (Å²) in [5.41, 5.74) is 1.40. The van der Waals surface area contributed by atoms with Gasteiger partial charge in [0.25, 0.3) is 11.1 Å². The second-order valence-electron chi connectivity index (χ2n) is 9.41. The third-order valence-corrected chi connectivity index (χ3v) is 7.49. The molecule has 4 fully saturated rings. The van der Waals surface area contributed by atoms with Crippen LogP contribution < -0.4 is 20.4 Å². The Bertz CT molecular complexity index is 1230. The molecule has 0 aliphatic carbocycles. The highest BCUT2D eigenvalue weighted by molar-refractivity contribution is 8.18. The molecule has 186 valence electrons. The number of rotatable bonds is 4. The molecule has 0 radical (unpaired) electrons. The second kappa shape index (κ2) is 9.10. The zero-order valence-corrected chi connectivity index (χ0v) is 20.3. The normalized spacial score (nSPS) is 21.9. The van der Waals surface area contributed by atoms with Crippen molar-refractivity contribution in [2.45, 2.75) is 0 Å². The van der Waals surface area contributed by atoms with E-state index in [1.54, 1.807) is 6.08 Å². The van der Waals surface area contributed by atoms with Gasteiger partial charge in [0.05, 0.1) is 23.8 Å². The van der Waals surface area contributed by atoms with Crippen LogP contribution in [0.2, 0.25) is 0 Å². The number of urea groups is 1. The Morgan fingerprint density at radius 2 is 1.81 bits per heavy atom. The molecule has 0 atom stereocenters. The molecule has 2 aromatic rings. The van der Waals surface area contributed by atoms with E-state index in [-0.39, 0.29) is 16.7 Å². The van der Waals surface area contributed by atoms with E-state index in [1.165, 1.54) is 0 Å². The van der Waals surface area contributed by atoms with Crippen molar-refractivity contribution in [1.29, 1.82) is 0 Å². The number of carbonyl (C=O) groups excluding carboxylic acids is 3. The first-order valence-electron chi connectivity index (χ1n) is 11.8. The molecule has 1 spiro atoms. The fraction of sp³-hybridized carbons (Fsp3) is 0.375. The molecule has 4 aliphatic rings. The number of amides is 4. The number of hydrogen-bond acceptors (Lipinski definition) is 9. The Morgan fingerprint density at radius 1 is 1.06 bits per heavy atom. The highest BCUT2D eigenvalue weighted by Crippen LogP contribution is 2.41. The van der Waals surface area contributed by atoms with E-state index < -0.39 is 5.91 Å². The Hall–Kier alpha value is -3.64. The highest BCUT2D eigenvalue weighted by Gasteiger charge is 2.54. The van der Waals surface area contributed by atoms with Gasteiger partial charge in [-0.15, -0.1) is 0 Å². The maximum absolute atomic E-state index is 12.5. The molecule has 2 N–H and O–H groups in total. The SMILES string of the molecule is O=C1NC(=O)/C(=C/c2cc(N3CCOCC3)nc(N3CC4(CN(C(=O)Nc5ccccc5)C4)C3)n2)S1. The maximum Gasteiger partial charge on any atom is 0.321 e. The number of hydrogen-bond donors (Lipinski definition) is 2. The summed E-state index contributed by atoms with van der Waals surface area (Å²) >= 11 is 0.870. The Morgan fingerprint density at radius 3 is 2.50 bits per heavy atom. The fourth-order valence-electron chi connectivity index (χ4n) is 4.90. The molecule has 0 unspecified atom stereocenters. The van der Waals surface area contributed by atoms with Gasteiger partial charge in [0.2, 0.25) is 5.95 Å². The lowest BCUT2D eigenvalue weighted by atomic mass is 9.73. The quantitative estimate of drug-likeness (QED) is 0.599. The largest absolute Gasteiger partial charge is 0.378 e. The van der Waals surface area contributed by atoms with E-state index >= 15 is 0 Å². The van der Waals surface area contributed by atoms with Crippen LogP contribution >= 0.6 is 11.8 Å². The van der Waals surface area contributed by atoms with Crippen LogP contribution in [0.4, 0.5) is 27.0 Å². The minimum Gasteiger partial charge on any atom is -0.378 e. The predicted molar refractivity (Wildman–Crippen MR) is 136 cm³/mol. The number of para-hydroxylation sites is 1. The number of carbonyl (C=O) groups is 3. The van der Waals surface area contributed by atoms with E-state index in [0.717, 1.165) is 49.4 Å². The van der Waals surface area contributed by atoms with E-state index in [4.69, 9.17) is 14.7 Å². The predicted octanol–water partition coefficient (Wildman–Crippen LogP) is 1.99. The van der Waals surface area contributed by atoms with Crippen LogP contribution in [0.25, 0.3) is 6.08 Å². The molecule has 0 bridgehead atoms. The third-order valence-electron chi connectivity index (χ3n) is 6.68. The van der Waals surface area contributed by atoms with Gasteiger partial charge in [-0.1, -0.05) is 18.2 Å². The molecule has 4 saturated heterocycles. The van der Waals surface area contributed by atoms with Crippen LogP contribution in [0.3, 0.4) is 0 Å². The summed E-state index contributed by atoms with van der Waals surface area (Å²) < 4.78 is 5.47. The summed E-state index contributed by atoms with van der Waals surface area (Å²) in [6, 6.07) is 11.2. The maximum atomic E-state index is 12.5. The third kappa shape index (κ3) is 4.49. The number of ether oxygens (including phenoxy) is 1. The summed E-state index contributed by atoms with van der Waals surface area (Å²) in [6.45, 7) is 5.54. The topological polar surface area (TPSA) is 120 Å². The molecule has 36 heavy (non-hydrogen) atoms. The average Bonchev–Trinajstić information content (AvgIpc) is 3.14. The lowest BCUT2D eigenvalue weighted by Gasteiger charge is -2.59. The zero-order valence-electron chi connectivity index (χ0n) is 19.5. The van der Waals surface area contributed by atoms with E-state index in [9.17, 15) is 14.4 Å². The molecular weight excluding hydrogens is 482 g/mol. The van der Waals surface area contributed by atoms with Crippen LogP contribution in [0.1, 0.15) is 5.69 Å². The van der Waals surface area contributed by atoms with Crippen molar-refractivity contribution in [3.8, 4) is 0 Å². The Labute approximate surface area is 211 Å². The number of thioether (sulfide) groups is 1. The highest BCUT2D eigenvalue weighted by atomic mass is 32.2. The fourth-order valence-corrected chi connectivity index (χ4v) is 5.57. The second-order valence-corrected chi connectivity index (χ2v) is 10.4. The Kier molecular flexibility index (Phi) is 5.76. The first-order valence-corrected chi connectivity index (χ1v) is 12.6. The van der Waals surface area contributed by atoms with Crippen molar-refractivity contribution >= 4 is 52.5 Å². The van der Waals surface area contributed by atoms with Gasteiger partial charge in [-0.3, -0.25) is 14.9 Å². The van der Waals surface area contributed by atoms with Gasteiger partial charge in [0.15, 0.2) is 0 Å². The van der Waals surface area contributed by atoms with Crippen molar-refractivity contribution in [3.63, 3.8) is 0 Å². The molecule has 4 aliphatic heterocycles. The first-order chi connectivity index (χ1) is 17.5. The standard InChI is InChI=1S/C24H25N7O4S/c32-20-18(36-23(34)28-20)10-17-11-19(29-6-8-35-9-7-29)27-21(25-17)30-12-24(13-30)14-31(15-24)22(33)26-16-4-2-1-3-5-16/h1-5,10-11H,6-9,12-15H2,(H,26,33)(H,28,32,34)/b18-10-. The van der Waals surface area contributed by atoms with Crippen LogP contribution in [0.15, 0.2) is 41.3 Å². The van der Waals surface area contributed by atoms with Gasteiger partial charge in [0.1, 0.15) is 5.82 Å². The van der Waals surface area contributed by atoms with Gasteiger partial charge < -0.3 is 24.8 Å². The lowest BCUT2D eigenvalue weighted by Crippen LogP contribution is -2.73. The van der Waals surface area contributed by atoms with Crippen molar-refractivity contribution in [2.75, 3.05) is 67.6 Å². The van der Waals surface area contributed by atoms with Gasteiger partial charge in [-0.05, 0) is 30.0 Å². The summed E-state index contributed by atoms with van der Waals surface area (Å²) in [7, 11) is 0. The smallest absolute Gasteiger partial charge is 0.321 e. The van der Waals surface area contributed by atoms with Gasteiger partial charge >= 0.3 is 6.03 Å². The number of likely N-dealkylation sites (tertiary alicyclic amines) is 1. The average molecular weight is 508 g/mol.